The fraction of sp³-hybridized carbons (Fsp3) is 0.538. The maximum absolute atomic E-state index is 5.65. The van der Waals surface area contributed by atoms with E-state index >= 15 is 0 Å². The summed E-state index contributed by atoms with van der Waals surface area (Å²) in [5.41, 5.74) is 1.27. The van der Waals surface area contributed by atoms with Crippen LogP contribution in [-0.2, 0) is 11.3 Å². The Morgan fingerprint density at radius 3 is 2.76 bits per heavy atom. The molecule has 0 amide bonds. The van der Waals surface area contributed by atoms with Crippen molar-refractivity contribution in [1.82, 2.24) is 0 Å². The van der Waals surface area contributed by atoms with Gasteiger partial charge in [-0.15, -0.1) is 0 Å². The van der Waals surface area contributed by atoms with Gasteiger partial charge in [0.15, 0.2) is 11.5 Å². The van der Waals surface area contributed by atoms with Gasteiger partial charge in [0.1, 0.15) is 0 Å². The van der Waals surface area contributed by atoms with E-state index in [2.05, 4.69) is 17.0 Å². The second-order valence-corrected chi connectivity index (χ2v) is 4.16. The lowest BCUT2D eigenvalue weighted by molar-refractivity contribution is 0.134. The molecule has 2 N–H and O–H groups in total. The second-order valence-electron chi connectivity index (χ2n) is 4.16. The van der Waals surface area contributed by atoms with Crippen LogP contribution in [0.1, 0.15) is 24.8 Å². The maximum atomic E-state index is 5.65. The molecule has 17 heavy (non-hydrogen) atoms. The minimum absolute atomic E-state index is 0.616. The van der Waals surface area contributed by atoms with Crippen molar-refractivity contribution in [2.24, 2.45) is 5.90 Å². The third-order valence-corrected chi connectivity index (χ3v) is 2.79. The number of ether oxygens (including phenoxy) is 2. The van der Waals surface area contributed by atoms with Crippen molar-refractivity contribution < 1.29 is 14.3 Å². The van der Waals surface area contributed by atoms with Crippen LogP contribution < -0.4 is 15.4 Å². The van der Waals surface area contributed by atoms with Crippen LogP contribution in [0.15, 0.2) is 18.2 Å². The van der Waals surface area contributed by atoms with Crippen LogP contribution in [0.3, 0.4) is 0 Å². The summed E-state index contributed by atoms with van der Waals surface area (Å²) in [5.74, 6) is 6.71. The topological polar surface area (TPSA) is 53.7 Å². The lowest BCUT2D eigenvalue weighted by atomic mass is 10.1. The summed E-state index contributed by atoms with van der Waals surface area (Å²) in [5, 5.41) is 0. The number of rotatable bonds is 5. The first-order valence-electron chi connectivity index (χ1n) is 6.10. The first kappa shape index (κ1) is 12.2. The van der Waals surface area contributed by atoms with E-state index in [-0.39, 0.29) is 0 Å². The monoisotopic (exact) mass is 237 g/mol. The first-order chi connectivity index (χ1) is 8.40. The van der Waals surface area contributed by atoms with E-state index in [1.54, 1.807) is 0 Å². The average molecular weight is 237 g/mol. The van der Waals surface area contributed by atoms with Crippen LogP contribution in [0, 0.1) is 0 Å². The predicted molar refractivity (Wildman–Crippen MR) is 65.1 cm³/mol. The van der Waals surface area contributed by atoms with Crippen molar-refractivity contribution in [3.63, 3.8) is 0 Å². The van der Waals surface area contributed by atoms with E-state index in [4.69, 9.17) is 15.4 Å². The molecule has 4 heteroatoms. The van der Waals surface area contributed by atoms with Crippen LogP contribution >= 0.6 is 0 Å². The van der Waals surface area contributed by atoms with Gasteiger partial charge >= 0.3 is 0 Å². The van der Waals surface area contributed by atoms with Crippen molar-refractivity contribution in [2.75, 3.05) is 19.8 Å². The molecule has 4 nitrogen and oxygen atoms in total. The van der Waals surface area contributed by atoms with Gasteiger partial charge in [-0.3, -0.25) is 0 Å². The van der Waals surface area contributed by atoms with Crippen molar-refractivity contribution in [3.05, 3.63) is 23.8 Å². The molecule has 0 saturated carbocycles. The molecule has 0 aliphatic carbocycles. The Kier molecular flexibility index (Phi) is 4.64. The molecule has 1 aliphatic rings. The highest BCUT2D eigenvalue weighted by molar-refractivity contribution is 5.43. The van der Waals surface area contributed by atoms with Gasteiger partial charge in [0.2, 0.25) is 0 Å². The lowest BCUT2D eigenvalue weighted by Crippen LogP contribution is -2.01. The Morgan fingerprint density at radius 1 is 1.12 bits per heavy atom. The SMILES string of the molecule is NOCCCCc1ccc2c(c1)OCCCO2. The number of hydrogen-bond acceptors (Lipinski definition) is 4. The Balaban J connectivity index is 1.93. The van der Waals surface area contributed by atoms with Crippen LogP contribution in [0.5, 0.6) is 11.5 Å². The molecule has 0 radical (unpaired) electrons. The number of benzene rings is 1. The van der Waals surface area contributed by atoms with E-state index < -0.39 is 0 Å². The average Bonchev–Trinajstić information content (AvgIpc) is 2.59. The zero-order valence-corrected chi connectivity index (χ0v) is 9.98. The lowest BCUT2D eigenvalue weighted by Gasteiger charge is -2.09. The molecule has 0 aromatic heterocycles. The molecular weight excluding hydrogens is 218 g/mol. The Hall–Kier alpha value is -1.26. The van der Waals surface area contributed by atoms with Crippen molar-refractivity contribution in [2.45, 2.75) is 25.7 Å². The summed E-state index contributed by atoms with van der Waals surface area (Å²) in [4.78, 5) is 4.54. The molecule has 2 rings (SSSR count). The minimum Gasteiger partial charge on any atom is -0.490 e. The number of hydrogen-bond donors (Lipinski definition) is 1. The summed E-state index contributed by atoms with van der Waals surface area (Å²) >= 11 is 0. The van der Waals surface area contributed by atoms with Gasteiger partial charge in [0, 0.05) is 6.42 Å². The normalized spacial score (nSPS) is 14.4. The van der Waals surface area contributed by atoms with E-state index in [1.807, 2.05) is 6.07 Å². The van der Waals surface area contributed by atoms with E-state index in [9.17, 15) is 0 Å². The van der Waals surface area contributed by atoms with Crippen LogP contribution in [0.2, 0.25) is 0 Å². The first-order valence-corrected chi connectivity index (χ1v) is 6.10. The standard InChI is InChI=1S/C13H19NO3/c14-17-9-2-1-4-11-5-6-12-13(10-11)16-8-3-7-15-12/h5-6,10H,1-4,7-9,14H2. The highest BCUT2D eigenvalue weighted by Crippen LogP contribution is 2.30. The van der Waals surface area contributed by atoms with Gasteiger partial charge in [0.05, 0.1) is 19.8 Å². The van der Waals surface area contributed by atoms with Crippen molar-refractivity contribution >= 4 is 0 Å². The van der Waals surface area contributed by atoms with Crippen LogP contribution in [-0.4, -0.2) is 19.8 Å². The van der Waals surface area contributed by atoms with Gasteiger partial charge < -0.3 is 14.3 Å². The molecule has 94 valence electrons. The maximum Gasteiger partial charge on any atom is 0.161 e. The summed E-state index contributed by atoms with van der Waals surface area (Å²) in [6.07, 6.45) is 4.00. The number of aryl methyl sites for hydroxylation is 1. The quantitative estimate of drug-likeness (QED) is 0.629. The van der Waals surface area contributed by atoms with Crippen molar-refractivity contribution in [3.8, 4) is 11.5 Å². The molecule has 0 bridgehead atoms. The second kappa shape index (κ2) is 6.47. The number of unbranched alkanes of at least 4 members (excludes halogenated alkanes) is 1. The molecular formula is C13H19NO3. The fourth-order valence-electron chi connectivity index (χ4n) is 1.88. The largest absolute Gasteiger partial charge is 0.490 e. The molecule has 0 unspecified atom stereocenters. The summed E-state index contributed by atoms with van der Waals surface area (Å²) in [6, 6.07) is 6.16. The van der Waals surface area contributed by atoms with Crippen LogP contribution in [0.25, 0.3) is 0 Å². The number of fused-ring (bicyclic) bond motifs is 1. The third-order valence-electron chi connectivity index (χ3n) is 2.79. The summed E-state index contributed by atoms with van der Waals surface area (Å²) in [7, 11) is 0. The molecule has 1 aromatic rings. The van der Waals surface area contributed by atoms with E-state index in [0.29, 0.717) is 6.61 Å². The third kappa shape index (κ3) is 3.61. The number of nitrogens with two attached hydrogens (primary N) is 1. The van der Waals surface area contributed by atoms with Crippen LogP contribution in [0.4, 0.5) is 0 Å². The zero-order chi connectivity index (χ0) is 11.9. The van der Waals surface area contributed by atoms with Gasteiger partial charge in [0.25, 0.3) is 0 Å². The Morgan fingerprint density at radius 2 is 1.94 bits per heavy atom. The highest BCUT2D eigenvalue weighted by atomic mass is 16.6. The Bertz CT molecular complexity index is 355. The molecule has 0 saturated heterocycles. The van der Waals surface area contributed by atoms with Gasteiger partial charge in [-0.25, -0.2) is 5.90 Å². The van der Waals surface area contributed by atoms with Gasteiger partial charge in [-0.2, -0.15) is 0 Å². The zero-order valence-electron chi connectivity index (χ0n) is 9.98. The van der Waals surface area contributed by atoms with Crippen molar-refractivity contribution in [1.29, 1.82) is 0 Å². The van der Waals surface area contributed by atoms with E-state index in [0.717, 1.165) is 50.4 Å². The molecule has 1 aromatic carbocycles. The predicted octanol–water partition coefficient (Wildman–Crippen LogP) is 2.06. The Labute approximate surface area is 102 Å². The minimum atomic E-state index is 0.616. The summed E-state index contributed by atoms with van der Waals surface area (Å²) in [6.45, 7) is 2.09. The molecule has 1 aliphatic heterocycles. The smallest absolute Gasteiger partial charge is 0.161 e. The molecule has 1 heterocycles. The summed E-state index contributed by atoms with van der Waals surface area (Å²) < 4.78 is 11.2. The highest BCUT2D eigenvalue weighted by Gasteiger charge is 2.10. The molecule has 0 atom stereocenters. The van der Waals surface area contributed by atoms with E-state index in [1.165, 1.54) is 5.56 Å². The molecule has 0 spiro atoms. The van der Waals surface area contributed by atoms with Gasteiger partial charge in [-0.05, 0) is 37.0 Å². The molecule has 0 fully saturated rings. The fourth-order valence-corrected chi connectivity index (χ4v) is 1.88. The van der Waals surface area contributed by atoms with Gasteiger partial charge in [-0.1, -0.05) is 6.07 Å².